The van der Waals surface area contributed by atoms with Crippen LogP contribution in [0.15, 0.2) is 12.7 Å². The van der Waals surface area contributed by atoms with Gasteiger partial charge in [0.15, 0.2) is 0 Å². The van der Waals surface area contributed by atoms with E-state index in [2.05, 4.69) is 39.2 Å². The first-order valence-corrected chi connectivity index (χ1v) is 10.9. The van der Waals surface area contributed by atoms with Gasteiger partial charge in [-0.3, -0.25) is 4.90 Å². The Bertz CT molecular complexity index is 384. The molecule has 0 aliphatic carbocycles. The monoisotopic (exact) mass is 383 g/mol. The van der Waals surface area contributed by atoms with Gasteiger partial charge in [-0.1, -0.05) is 33.8 Å². The molecule has 0 radical (unpaired) electrons. The molecule has 0 aromatic carbocycles. The maximum atomic E-state index is 6.27. The molecule has 2 unspecified atom stereocenters. The number of hydrogen-bond acceptors (Lipinski definition) is 4. The van der Waals surface area contributed by atoms with Crippen molar-refractivity contribution < 1.29 is 14.2 Å². The summed E-state index contributed by atoms with van der Waals surface area (Å²) in [7, 11) is 1.75. The molecule has 1 rings (SSSR count). The van der Waals surface area contributed by atoms with Crippen molar-refractivity contribution in [3.63, 3.8) is 0 Å². The summed E-state index contributed by atoms with van der Waals surface area (Å²) < 4.78 is 17.4. The van der Waals surface area contributed by atoms with E-state index in [1.807, 2.05) is 6.08 Å². The molecule has 0 amide bonds. The quantitative estimate of drug-likeness (QED) is 0.480. The molecule has 0 N–H and O–H groups in total. The Balaban J connectivity index is 2.52. The fourth-order valence-electron chi connectivity index (χ4n) is 4.41. The third-order valence-corrected chi connectivity index (χ3v) is 5.77. The lowest BCUT2D eigenvalue weighted by molar-refractivity contribution is -0.0444. The summed E-state index contributed by atoms with van der Waals surface area (Å²) in [5.41, 5.74) is 0.368. The summed E-state index contributed by atoms with van der Waals surface area (Å²) in [6, 6.07) is 0. The molecule has 0 saturated carbocycles. The number of hydrogen-bond donors (Lipinski definition) is 0. The fourth-order valence-corrected chi connectivity index (χ4v) is 4.41. The Morgan fingerprint density at radius 3 is 2.67 bits per heavy atom. The van der Waals surface area contributed by atoms with Gasteiger partial charge in [0.25, 0.3) is 0 Å². The first-order valence-electron chi connectivity index (χ1n) is 10.9. The molecule has 2 atom stereocenters. The van der Waals surface area contributed by atoms with Gasteiger partial charge in [0.1, 0.15) is 0 Å². The Labute approximate surface area is 168 Å². The average molecular weight is 384 g/mol. The predicted molar refractivity (Wildman–Crippen MR) is 114 cm³/mol. The molecule has 4 heteroatoms. The molecule has 160 valence electrons. The minimum atomic E-state index is 0.187. The summed E-state index contributed by atoms with van der Waals surface area (Å²) in [6.07, 6.45) is 7.99. The highest BCUT2D eigenvalue weighted by Gasteiger charge is 2.30. The van der Waals surface area contributed by atoms with Crippen LogP contribution in [0.2, 0.25) is 0 Å². The molecule has 0 aromatic rings. The molecule has 1 aliphatic heterocycles. The maximum Gasteiger partial charge on any atom is 0.0820 e. The van der Waals surface area contributed by atoms with Crippen LogP contribution in [-0.2, 0) is 14.2 Å². The van der Waals surface area contributed by atoms with E-state index in [0.29, 0.717) is 17.9 Å². The zero-order chi connectivity index (χ0) is 20.1. The Morgan fingerprint density at radius 1 is 1.22 bits per heavy atom. The van der Waals surface area contributed by atoms with Crippen molar-refractivity contribution in [3.8, 4) is 0 Å². The van der Waals surface area contributed by atoms with E-state index < -0.39 is 0 Å². The second-order valence-corrected chi connectivity index (χ2v) is 9.15. The van der Waals surface area contributed by atoms with Crippen molar-refractivity contribution >= 4 is 0 Å². The predicted octanol–water partition coefficient (Wildman–Crippen LogP) is 4.79. The van der Waals surface area contributed by atoms with Gasteiger partial charge in [0, 0.05) is 40.0 Å². The molecule has 0 aromatic heterocycles. The van der Waals surface area contributed by atoms with Crippen LogP contribution in [0, 0.1) is 17.3 Å². The summed E-state index contributed by atoms with van der Waals surface area (Å²) in [5, 5.41) is 0. The van der Waals surface area contributed by atoms with Gasteiger partial charge in [-0.15, -0.1) is 6.58 Å². The smallest absolute Gasteiger partial charge is 0.0820 e. The highest BCUT2D eigenvalue weighted by atomic mass is 16.5. The Morgan fingerprint density at radius 2 is 2.00 bits per heavy atom. The second-order valence-electron chi connectivity index (χ2n) is 9.15. The fraction of sp³-hybridized carbons (Fsp3) is 0.913. The van der Waals surface area contributed by atoms with Crippen molar-refractivity contribution in [2.24, 2.45) is 17.3 Å². The van der Waals surface area contributed by atoms with Crippen molar-refractivity contribution in [2.45, 2.75) is 65.9 Å². The maximum absolute atomic E-state index is 6.27. The lowest BCUT2D eigenvalue weighted by atomic mass is 9.70. The zero-order valence-electron chi connectivity index (χ0n) is 18.7. The molecule has 1 fully saturated rings. The van der Waals surface area contributed by atoms with Crippen molar-refractivity contribution in [1.82, 2.24) is 4.90 Å². The zero-order valence-corrected chi connectivity index (χ0v) is 18.7. The van der Waals surface area contributed by atoms with Crippen LogP contribution < -0.4 is 0 Å². The van der Waals surface area contributed by atoms with E-state index in [1.165, 1.54) is 12.8 Å². The Kier molecular flexibility index (Phi) is 12.5. The second kappa shape index (κ2) is 13.7. The molecule has 1 heterocycles. The molecular weight excluding hydrogens is 338 g/mol. The van der Waals surface area contributed by atoms with Crippen molar-refractivity contribution in [3.05, 3.63) is 12.7 Å². The van der Waals surface area contributed by atoms with E-state index in [9.17, 15) is 0 Å². The Hall–Kier alpha value is -0.420. The molecule has 1 aliphatic rings. The van der Waals surface area contributed by atoms with Crippen LogP contribution in [0.3, 0.4) is 0 Å². The molecular formula is C23H45NO3. The van der Waals surface area contributed by atoms with Crippen LogP contribution in [0.25, 0.3) is 0 Å². The average Bonchev–Trinajstić information content (AvgIpc) is 2.60. The van der Waals surface area contributed by atoms with E-state index in [1.54, 1.807) is 7.11 Å². The molecule has 0 bridgehead atoms. The summed E-state index contributed by atoms with van der Waals surface area (Å²) in [5.74, 6) is 1.45. The van der Waals surface area contributed by atoms with Crippen LogP contribution >= 0.6 is 0 Å². The highest BCUT2D eigenvalue weighted by Crippen LogP contribution is 2.39. The van der Waals surface area contributed by atoms with Gasteiger partial charge in [0.2, 0.25) is 0 Å². The van der Waals surface area contributed by atoms with Gasteiger partial charge in [-0.05, 0) is 49.4 Å². The third kappa shape index (κ3) is 10.6. The standard InChI is InChI=1S/C23H45NO3/c1-7-12-24(14-17-25-6)13-10-22-19-26-15-8-9-21(11-16-27-22)23(4,5)18-20(2)3/h7,20-22H,1,8-19H2,2-6H3. The van der Waals surface area contributed by atoms with E-state index >= 15 is 0 Å². The highest BCUT2D eigenvalue weighted by molar-refractivity contribution is 4.80. The molecule has 0 spiro atoms. The third-order valence-electron chi connectivity index (χ3n) is 5.77. The minimum Gasteiger partial charge on any atom is -0.383 e. The molecule has 4 nitrogen and oxygen atoms in total. The van der Waals surface area contributed by atoms with Crippen LogP contribution in [0.1, 0.15) is 59.8 Å². The van der Waals surface area contributed by atoms with Crippen molar-refractivity contribution in [2.75, 3.05) is 53.2 Å². The van der Waals surface area contributed by atoms with Gasteiger partial charge < -0.3 is 14.2 Å². The molecule has 1 saturated heterocycles. The summed E-state index contributed by atoms with van der Waals surface area (Å²) >= 11 is 0. The number of rotatable bonds is 11. The summed E-state index contributed by atoms with van der Waals surface area (Å²) in [4.78, 5) is 2.37. The lowest BCUT2D eigenvalue weighted by Gasteiger charge is -2.37. The van der Waals surface area contributed by atoms with Gasteiger partial charge >= 0.3 is 0 Å². The SMILES string of the molecule is C=CCN(CCOC)CCC1COCCCC(C(C)(C)CC(C)C)CCO1. The topological polar surface area (TPSA) is 30.9 Å². The van der Waals surface area contributed by atoms with E-state index in [-0.39, 0.29) is 6.10 Å². The lowest BCUT2D eigenvalue weighted by Crippen LogP contribution is -2.34. The van der Waals surface area contributed by atoms with Crippen LogP contribution in [0.5, 0.6) is 0 Å². The van der Waals surface area contributed by atoms with Gasteiger partial charge in [0.05, 0.1) is 19.3 Å². The van der Waals surface area contributed by atoms with E-state index in [4.69, 9.17) is 14.2 Å². The largest absolute Gasteiger partial charge is 0.383 e. The van der Waals surface area contributed by atoms with Crippen molar-refractivity contribution in [1.29, 1.82) is 0 Å². The van der Waals surface area contributed by atoms with Crippen LogP contribution in [-0.4, -0.2) is 64.2 Å². The first-order chi connectivity index (χ1) is 12.9. The number of ether oxygens (including phenoxy) is 3. The van der Waals surface area contributed by atoms with E-state index in [0.717, 1.165) is 64.6 Å². The first kappa shape index (κ1) is 24.6. The summed E-state index contributed by atoms with van der Waals surface area (Å²) in [6.45, 7) is 19.4. The van der Waals surface area contributed by atoms with Gasteiger partial charge in [-0.2, -0.15) is 0 Å². The minimum absolute atomic E-state index is 0.187. The van der Waals surface area contributed by atoms with Gasteiger partial charge in [-0.25, -0.2) is 0 Å². The van der Waals surface area contributed by atoms with Crippen LogP contribution in [0.4, 0.5) is 0 Å². The number of nitrogens with zero attached hydrogens (tertiary/aromatic N) is 1. The number of methoxy groups -OCH3 is 1. The molecule has 27 heavy (non-hydrogen) atoms. The normalized spacial score (nSPS) is 22.9.